The van der Waals surface area contributed by atoms with Crippen molar-refractivity contribution < 1.29 is 23.5 Å². The third-order valence-corrected chi connectivity index (χ3v) is 6.76. The summed E-state index contributed by atoms with van der Waals surface area (Å²) in [5.41, 5.74) is 3.07. The number of esters is 1. The van der Waals surface area contributed by atoms with E-state index >= 15 is 0 Å². The van der Waals surface area contributed by atoms with E-state index in [0.29, 0.717) is 38.3 Å². The zero-order chi connectivity index (χ0) is 24.4. The number of pyridine rings is 1. The van der Waals surface area contributed by atoms with Crippen LogP contribution >= 0.6 is 0 Å². The number of piperazine rings is 1. The number of rotatable bonds is 5. The van der Waals surface area contributed by atoms with Crippen LogP contribution in [0.25, 0.3) is 10.9 Å². The smallest absolute Gasteiger partial charge is 0.339 e. The number of carbonyl (C=O) groups is 3. The van der Waals surface area contributed by atoms with Crippen LogP contribution in [0, 0.1) is 0 Å². The SMILES string of the molecule is CCN1CCc2nc3ccccc3c(C(=O)OCC(=O)N3CCN(C(=O)c4ccco4)CC3)c2C1. The summed E-state index contributed by atoms with van der Waals surface area (Å²) < 4.78 is 10.7. The highest BCUT2D eigenvalue weighted by Gasteiger charge is 2.29. The molecule has 2 aliphatic rings. The topological polar surface area (TPSA) is 96.2 Å². The number of carbonyl (C=O) groups excluding carboxylic acids is 3. The van der Waals surface area contributed by atoms with E-state index in [-0.39, 0.29) is 24.2 Å². The Morgan fingerprint density at radius 3 is 2.51 bits per heavy atom. The van der Waals surface area contributed by atoms with Gasteiger partial charge in [0.05, 0.1) is 17.3 Å². The van der Waals surface area contributed by atoms with Crippen molar-refractivity contribution in [1.82, 2.24) is 19.7 Å². The molecular formula is C26H28N4O5. The predicted octanol–water partition coefficient (Wildman–Crippen LogP) is 2.35. The van der Waals surface area contributed by atoms with Crippen molar-refractivity contribution in [2.75, 3.05) is 45.9 Å². The number of hydrogen-bond acceptors (Lipinski definition) is 7. The van der Waals surface area contributed by atoms with Gasteiger partial charge in [-0.15, -0.1) is 0 Å². The van der Waals surface area contributed by atoms with Crippen molar-refractivity contribution in [3.8, 4) is 0 Å². The van der Waals surface area contributed by atoms with Crippen molar-refractivity contribution in [1.29, 1.82) is 0 Å². The van der Waals surface area contributed by atoms with E-state index in [1.54, 1.807) is 21.9 Å². The fourth-order valence-electron chi connectivity index (χ4n) is 4.75. The van der Waals surface area contributed by atoms with Gasteiger partial charge < -0.3 is 19.0 Å². The van der Waals surface area contributed by atoms with E-state index < -0.39 is 5.97 Å². The molecule has 0 saturated carbocycles. The first-order chi connectivity index (χ1) is 17.0. The van der Waals surface area contributed by atoms with Crippen LogP contribution in [0.3, 0.4) is 0 Å². The molecule has 2 amide bonds. The lowest BCUT2D eigenvalue weighted by molar-refractivity contribution is -0.136. The zero-order valence-electron chi connectivity index (χ0n) is 19.7. The molecule has 5 rings (SSSR count). The van der Waals surface area contributed by atoms with Crippen molar-refractivity contribution in [2.24, 2.45) is 0 Å². The minimum absolute atomic E-state index is 0.191. The molecule has 0 bridgehead atoms. The molecule has 2 aromatic heterocycles. The molecule has 9 nitrogen and oxygen atoms in total. The van der Waals surface area contributed by atoms with Crippen LogP contribution in [0.15, 0.2) is 47.1 Å². The van der Waals surface area contributed by atoms with E-state index in [1.807, 2.05) is 24.3 Å². The first kappa shape index (κ1) is 23.0. The maximum Gasteiger partial charge on any atom is 0.339 e. The van der Waals surface area contributed by atoms with Gasteiger partial charge in [-0.05, 0) is 24.7 Å². The van der Waals surface area contributed by atoms with E-state index in [9.17, 15) is 14.4 Å². The third-order valence-electron chi connectivity index (χ3n) is 6.76. The van der Waals surface area contributed by atoms with Gasteiger partial charge in [0.1, 0.15) is 0 Å². The van der Waals surface area contributed by atoms with Gasteiger partial charge in [0.2, 0.25) is 0 Å². The molecule has 0 N–H and O–H groups in total. The third kappa shape index (κ3) is 4.64. The van der Waals surface area contributed by atoms with Gasteiger partial charge in [-0.25, -0.2) is 4.79 Å². The van der Waals surface area contributed by atoms with Crippen molar-refractivity contribution in [2.45, 2.75) is 19.9 Å². The molecule has 0 unspecified atom stereocenters. The molecule has 9 heteroatoms. The minimum atomic E-state index is -0.502. The van der Waals surface area contributed by atoms with E-state index in [4.69, 9.17) is 14.1 Å². The Morgan fingerprint density at radius 2 is 1.77 bits per heavy atom. The highest BCUT2D eigenvalue weighted by atomic mass is 16.5. The van der Waals surface area contributed by atoms with E-state index in [0.717, 1.165) is 41.7 Å². The lowest BCUT2D eigenvalue weighted by Crippen LogP contribution is -2.51. The van der Waals surface area contributed by atoms with Crippen LogP contribution in [0.1, 0.15) is 39.1 Å². The summed E-state index contributed by atoms with van der Waals surface area (Å²) in [5.74, 6) is -0.680. The Morgan fingerprint density at radius 1 is 1.00 bits per heavy atom. The highest BCUT2D eigenvalue weighted by molar-refractivity contribution is 6.05. The predicted molar refractivity (Wildman–Crippen MR) is 128 cm³/mol. The first-order valence-corrected chi connectivity index (χ1v) is 12.0. The van der Waals surface area contributed by atoms with Gasteiger partial charge in [-0.2, -0.15) is 0 Å². The average molecular weight is 477 g/mol. The number of para-hydroxylation sites is 1. The number of amides is 2. The van der Waals surface area contributed by atoms with Gasteiger partial charge in [0.25, 0.3) is 11.8 Å². The second-order valence-corrected chi connectivity index (χ2v) is 8.77. The number of furan rings is 1. The number of fused-ring (bicyclic) bond motifs is 2. The summed E-state index contributed by atoms with van der Waals surface area (Å²) in [7, 11) is 0. The number of benzene rings is 1. The highest BCUT2D eigenvalue weighted by Crippen LogP contribution is 2.28. The number of hydrogen-bond donors (Lipinski definition) is 0. The Balaban J connectivity index is 1.26. The molecular weight excluding hydrogens is 448 g/mol. The van der Waals surface area contributed by atoms with Crippen molar-refractivity contribution in [3.05, 3.63) is 65.2 Å². The molecule has 1 aromatic carbocycles. The largest absolute Gasteiger partial charge is 0.459 e. The van der Waals surface area contributed by atoms with Gasteiger partial charge in [-0.3, -0.25) is 19.5 Å². The number of likely N-dealkylation sites (N-methyl/N-ethyl adjacent to an activating group) is 1. The van der Waals surface area contributed by atoms with Crippen LogP contribution in [0.4, 0.5) is 0 Å². The maximum absolute atomic E-state index is 13.3. The van der Waals surface area contributed by atoms with Gasteiger partial charge in [-0.1, -0.05) is 25.1 Å². The number of ether oxygens (including phenoxy) is 1. The Bertz CT molecular complexity index is 1250. The van der Waals surface area contributed by atoms with E-state index in [2.05, 4.69) is 11.8 Å². The van der Waals surface area contributed by atoms with Crippen LogP contribution in [0.5, 0.6) is 0 Å². The molecule has 0 atom stereocenters. The molecule has 1 saturated heterocycles. The normalized spacial score (nSPS) is 16.3. The average Bonchev–Trinajstić information content (AvgIpc) is 3.44. The summed E-state index contributed by atoms with van der Waals surface area (Å²) in [6.45, 7) is 5.72. The second-order valence-electron chi connectivity index (χ2n) is 8.77. The van der Waals surface area contributed by atoms with Crippen LogP contribution in [0.2, 0.25) is 0 Å². The monoisotopic (exact) mass is 476 g/mol. The van der Waals surface area contributed by atoms with Crippen LogP contribution in [-0.2, 0) is 22.5 Å². The summed E-state index contributed by atoms with van der Waals surface area (Å²) >= 11 is 0. The van der Waals surface area contributed by atoms with Gasteiger partial charge in [0, 0.05) is 62.3 Å². The van der Waals surface area contributed by atoms with Crippen LogP contribution in [-0.4, -0.2) is 83.3 Å². The van der Waals surface area contributed by atoms with Gasteiger partial charge in [0.15, 0.2) is 12.4 Å². The molecule has 1 fully saturated rings. The summed E-state index contributed by atoms with van der Waals surface area (Å²) in [6, 6.07) is 10.8. The molecule has 0 aliphatic carbocycles. The Labute approximate surface area is 203 Å². The molecule has 182 valence electrons. The maximum atomic E-state index is 13.3. The van der Waals surface area contributed by atoms with Crippen molar-refractivity contribution in [3.63, 3.8) is 0 Å². The van der Waals surface area contributed by atoms with Gasteiger partial charge >= 0.3 is 5.97 Å². The zero-order valence-corrected chi connectivity index (χ0v) is 19.7. The standard InChI is InChI=1S/C26H28N4O5/c1-2-28-10-9-21-19(16-28)24(18-6-3-4-7-20(18)27-21)26(33)35-17-23(31)29-11-13-30(14-12-29)25(32)22-8-5-15-34-22/h3-8,15H,2,9-14,16-17H2,1H3. The van der Waals surface area contributed by atoms with Crippen molar-refractivity contribution >= 4 is 28.7 Å². The number of nitrogens with zero attached hydrogens (tertiary/aromatic N) is 4. The molecule has 4 heterocycles. The molecule has 0 spiro atoms. The quantitative estimate of drug-likeness (QED) is 0.522. The molecule has 2 aliphatic heterocycles. The molecule has 3 aromatic rings. The lowest BCUT2D eigenvalue weighted by atomic mass is 9.96. The summed E-state index contributed by atoms with van der Waals surface area (Å²) in [6.07, 6.45) is 2.23. The second kappa shape index (κ2) is 9.87. The van der Waals surface area contributed by atoms with Crippen LogP contribution < -0.4 is 0 Å². The Kier molecular flexibility index (Phi) is 6.50. The van der Waals surface area contributed by atoms with E-state index in [1.165, 1.54) is 6.26 Å². The summed E-state index contributed by atoms with van der Waals surface area (Å²) in [4.78, 5) is 48.8. The molecule has 35 heavy (non-hydrogen) atoms. The molecule has 0 radical (unpaired) electrons. The lowest BCUT2D eigenvalue weighted by Gasteiger charge is -2.34. The summed E-state index contributed by atoms with van der Waals surface area (Å²) in [5, 5.41) is 0.742. The fraction of sp³-hybridized carbons (Fsp3) is 0.385. The minimum Gasteiger partial charge on any atom is -0.459 e. The number of aromatic nitrogens is 1. The fourth-order valence-corrected chi connectivity index (χ4v) is 4.75. The Hall–Kier alpha value is -3.72. The first-order valence-electron chi connectivity index (χ1n) is 12.0.